The molecule has 1 aromatic rings. The standard InChI is InChI=1S/C12H17NO.ClH/c14-12(8-4-5-9-13-10-12)11-6-2-1-3-7-11;/h1-3,6-7,13-14H,4-5,8-10H2;1H. The van der Waals surface area contributed by atoms with Crippen molar-refractivity contribution in [1.82, 2.24) is 5.32 Å². The molecule has 0 saturated carbocycles. The molecule has 1 saturated heterocycles. The first-order chi connectivity index (χ1) is 6.81. The highest BCUT2D eigenvalue weighted by atomic mass is 35.5. The number of nitrogens with one attached hydrogen (secondary N) is 1. The van der Waals surface area contributed by atoms with Crippen LogP contribution in [0, 0.1) is 0 Å². The molecule has 1 aliphatic heterocycles. The van der Waals surface area contributed by atoms with Crippen LogP contribution < -0.4 is 5.32 Å². The van der Waals surface area contributed by atoms with Crippen LogP contribution in [0.25, 0.3) is 0 Å². The lowest BCUT2D eigenvalue weighted by atomic mass is 9.89. The number of benzene rings is 1. The van der Waals surface area contributed by atoms with E-state index in [9.17, 15) is 5.11 Å². The Kier molecular flexibility index (Phi) is 4.58. The molecule has 1 aromatic carbocycles. The maximum atomic E-state index is 10.5. The zero-order valence-corrected chi connectivity index (χ0v) is 9.59. The maximum absolute atomic E-state index is 10.5. The summed E-state index contributed by atoms with van der Waals surface area (Å²) in [6.45, 7) is 1.70. The van der Waals surface area contributed by atoms with E-state index in [2.05, 4.69) is 5.32 Å². The summed E-state index contributed by atoms with van der Waals surface area (Å²) in [5, 5.41) is 13.7. The monoisotopic (exact) mass is 227 g/mol. The summed E-state index contributed by atoms with van der Waals surface area (Å²) in [5.41, 5.74) is 0.381. The van der Waals surface area contributed by atoms with E-state index in [4.69, 9.17) is 0 Å². The fraction of sp³-hybridized carbons (Fsp3) is 0.500. The molecule has 1 fully saturated rings. The fourth-order valence-electron chi connectivity index (χ4n) is 2.05. The van der Waals surface area contributed by atoms with Gasteiger partial charge in [0.25, 0.3) is 0 Å². The Labute approximate surface area is 97.1 Å². The normalized spacial score (nSPS) is 26.5. The van der Waals surface area contributed by atoms with Gasteiger partial charge in [0.2, 0.25) is 0 Å². The Balaban J connectivity index is 0.00000112. The van der Waals surface area contributed by atoms with Gasteiger partial charge in [-0.2, -0.15) is 0 Å². The number of halogens is 1. The van der Waals surface area contributed by atoms with E-state index in [0.29, 0.717) is 6.54 Å². The third-order valence-electron chi connectivity index (χ3n) is 2.92. The van der Waals surface area contributed by atoms with Crippen LogP contribution in [0.15, 0.2) is 30.3 Å². The van der Waals surface area contributed by atoms with Crippen molar-refractivity contribution >= 4 is 12.4 Å². The highest BCUT2D eigenvalue weighted by Crippen LogP contribution is 2.27. The van der Waals surface area contributed by atoms with Crippen LogP contribution >= 0.6 is 12.4 Å². The van der Waals surface area contributed by atoms with Crippen molar-refractivity contribution in [1.29, 1.82) is 0 Å². The van der Waals surface area contributed by atoms with Crippen LogP contribution in [0.1, 0.15) is 24.8 Å². The molecule has 2 N–H and O–H groups in total. The molecule has 0 bridgehead atoms. The van der Waals surface area contributed by atoms with E-state index in [-0.39, 0.29) is 12.4 Å². The van der Waals surface area contributed by atoms with Crippen molar-refractivity contribution < 1.29 is 5.11 Å². The molecule has 0 aliphatic carbocycles. The van der Waals surface area contributed by atoms with E-state index in [0.717, 1.165) is 31.4 Å². The molecule has 15 heavy (non-hydrogen) atoms. The lowest BCUT2D eigenvalue weighted by molar-refractivity contribution is 0.0327. The Morgan fingerprint density at radius 1 is 1.13 bits per heavy atom. The number of hydrogen-bond donors (Lipinski definition) is 2. The fourth-order valence-corrected chi connectivity index (χ4v) is 2.05. The van der Waals surface area contributed by atoms with Gasteiger partial charge in [0.15, 0.2) is 0 Å². The second-order valence-electron chi connectivity index (χ2n) is 4.03. The highest BCUT2D eigenvalue weighted by molar-refractivity contribution is 5.85. The Morgan fingerprint density at radius 3 is 2.60 bits per heavy atom. The number of rotatable bonds is 1. The van der Waals surface area contributed by atoms with Crippen molar-refractivity contribution in [3.05, 3.63) is 35.9 Å². The van der Waals surface area contributed by atoms with E-state index in [1.807, 2.05) is 30.3 Å². The molecule has 1 heterocycles. The molecule has 2 rings (SSSR count). The predicted octanol–water partition coefficient (Wildman–Crippen LogP) is 2.07. The third-order valence-corrected chi connectivity index (χ3v) is 2.92. The largest absolute Gasteiger partial charge is 0.384 e. The lowest BCUT2D eigenvalue weighted by Gasteiger charge is -2.27. The Hall–Kier alpha value is -0.570. The van der Waals surface area contributed by atoms with Crippen molar-refractivity contribution in [2.24, 2.45) is 0 Å². The topological polar surface area (TPSA) is 32.3 Å². The van der Waals surface area contributed by atoms with Gasteiger partial charge in [0, 0.05) is 6.54 Å². The molecule has 0 spiro atoms. The molecule has 0 radical (unpaired) electrons. The maximum Gasteiger partial charge on any atom is 0.102 e. The summed E-state index contributed by atoms with van der Waals surface area (Å²) in [6.07, 6.45) is 3.12. The number of β-amino-alcohol motifs (C(OH)–C–C–N with tert-alkyl or cyclic N) is 1. The first-order valence-electron chi connectivity index (χ1n) is 5.30. The zero-order valence-electron chi connectivity index (χ0n) is 8.78. The minimum Gasteiger partial charge on any atom is -0.384 e. The summed E-state index contributed by atoms with van der Waals surface area (Å²) in [6, 6.07) is 9.97. The van der Waals surface area contributed by atoms with E-state index in [1.165, 1.54) is 0 Å². The summed E-state index contributed by atoms with van der Waals surface area (Å²) < 4.78 is 0. The molecule has 3 heteroatoms. The van der Waals surface area contributed by atoms with Gasteiger partial charge in [-0.15, -0.1) is 12.4 Å². The van der Waals surface area contributed by atoms with Gasteiger partial charge in [0.1, 0.15) is 5.60 Å². The summed E-state index contributed by atoms with van der Waals surface area (Å²) in [4.78, 5) is 0. The third kappa shape index (κ3) is 2.94. The summed E-state index contributed by atoms with van der Waals surface area (Å²) >= 11 is 0. The highest BCUT2D eigenvalue weighted by Gasteiger charge is 2.29. The van der Waals surface area contributed by atoms with E-state index >= 15 is 0 Å². The Bertz CT molecular complexity index is 281. The van der Waals surface area contributed by atoms with Crippen LogP contribution in [-0.2, 0) is 5.60 Å². The molecule has 2 nitrogen and oxygen atoms in total. The molecule has 1 unspecified atom stereocenters. The zero-order chi connectivity index (χ0) is 9.86. The first kappa shape index (κ1) is 12.5. The van der Waals surface area contributed by atoms with Crippen LogP contribution in [0.4, 0.5) is 0 Å². The smallest absolute Gasteiger partial charge is 0.102 e. The average Bonchev–Trinajstić information content (AvgIpc) is 2.46. The quantitative estimate of drug-likeness (QED) is 0.770. The van der Waals surface area contributed by atoms with Gasteiger partial charge >= 0.3 is 0 Å². The molecule has 84 valence electrons. The average molecular weight is 228 g/mol. The molecular weight excluding hydrogens is 210 g/mol. The van der Waals surface area contributed by atoms with Crippen LogP contribution in [0.5, 0.6) is 0 Å². The van der Waals surface area contributed by atoms with Crippen molar-refractivity contribution in [2.75, 3.05) is 13.1 Å². The first-order valence-corrected chi connectivity index (χ1v) is 5.30. The number of hydrogen-bond acceptors (Lipinski definition) is 2. The summed E-state index contributed by atoms with van der Waals surface area (Å²) in [5.74, 6) is 0. The SMILES string of the molecule is Cl.OC1(c2ccccc2)CCCCNC1. The van der Waals surface area contributed by atoms with Gasteiger partial charge < -0.3 is 10.4 Å². The number of aliphatic hydroxyl groups is 1. The lowest BCUT2D eigenvalue weighted by Crippen LogP contribution is -2.36. The van der Waals surface area contributed by atoms with Crippen molar-refractivity contribution in [3.63, 3.8) is 0 Å². The van der Waals surface area contributed by atoms with Crippen LogP contribution in [0.2, 0.25) is 0 Å². The van der Waals surface area contributed by atoms with Crippen molar-refractivity contribution in [2.45, 2.75) is 24.9 Å². The molecule has 0 aromatic heterocycles. The molecular formula is C12H18ClNO. The minimum absolute atomic E-state index is 0. The van der Waals surface area contributed by atoms with Crippen LogP contribution in [0.3, 0.4) is 0 Å². The molecule has 0 amide bonds. The van der Waals surface area contributed by atoms with Gasteiger partial charge in [0.05, 0.1) is 0 Å². The summed E-state index contributed by atoms with van der Waals surface area (Å²) in [7, 11) is 0. The minimum atomic E-state index is -0.655. The van der Waals surface area contributed by atoms with E-state index < -0.39 is 5.60 Å². The predicted molar refractivity (Wildman–Crippen MR) is 64.3 cm³/mol. The van der Waals surface area contributed by atoms with E-state index in [1.54, 1.807) is 0 Å². The van der Waals surface area contributed by atoms with Crippen LogP contribution in [-0.4, -0.2) is 18.2 Å². The molecule has 1 atom stereocenters. The second kappa shape index (κ2) is 5.50. The van der Waals surface area contributed by atoms with Gasteiger partial charge in [-0.3, -0.25) is 0 Å². The second-order valence-corrected chi connectivity index (χ2v) is 4.03. The Morgan fingerprint density at radius 2 is 1.87 bits per heavy atom. The molecule has 1 aliphatic rings. The van der Waals surface area contributed by atoms with Gasteiger partial charge in [-0.1, -0.05) is 30.3 Å². The van der Waals surface area contributed by atoms with Crippen molar-refractivity contribution in [3.8, 4) is 0 Å². The van der Waals surface area contributed by atoms with Gasteiger partial charge in [-0.25, -0.2) is 0 Å². The van der Waals surface area contributed by atoms with Gasteiger partial charge in [-0.05, 0) is 31.4 Å².